The molecular formula is C19H18N2O4. The molecule has 128 valence electrons. The minimum absolute atomic E-state index is 0.168. The van der Waals surface area contributed by atoms with Crippen LogP contribution >= 0.6 is 0 Å². The maximum Gasteiger partial charge on any atom is 0.336 e. The molecule has 2 aromatic carbocycles. The van der Waals surface area contributed by atoms with Crippen LogP contribution in [0, 0.1) is 0 Å². The van der Waals surface area contributed by atoms with E-state index in [1.807, 2.05) is 30.5 Å². The zero-order chi connectivity index (χ0) is 17.8. The Labute approximate surface area is 144 Å². The summed E-state index contributed by atoms with van der Waals surface area (Å²) < 4.78 is 0. The second-order valence-corrected chi connectivity index (χ2v) is 5.80. The van der Waals surface area contributed by atoms with Gasteiger partial charge in [-0.25, -0.2) is 4.79 Å². The van der Waals surface area contributed by atoms with Crippen LogP contribution in [-0.4, -0.2) is 33.2 Å². The summed E-state index contributed by atoms with van der Waals surface area (Å²) in [5.41, 5.74) is 2.59. The van der Waals surface area contributed by atoms with Crippen molar-refractivity contribution in [3.63, 3.8) is 0 Å². The maximum absolute atomic E-state index is 11.6. The number of aromatic amines is 1. The Balaban J connectivity index is 1.77. The van der Waals surface area contributed by atoms with E-state index in [2.05, 4.69) is 10.3 Å². The minimum Gasteiger partial charge on any atom is -0.480 e. The lowest BCUT2D eigenvalue weighted by molar-refractivity contribution is -0.139. The van der Waals surface area contributed by atoms with Crippen LogP contribution in [0.1, 0.15) is 21.5 Å². The van der Waals surface area contributed by atoms with E-state index in [4.69, 9.17) is 0 Å². The molecule has 0 amide bonds. The number of carboxylic acid groups (broad SMARTS) is 2. The van der Waals surface area contributed by atoms with E-state index < -0.39 is 18.0 Å². The molecule has 0 radical (unpaired) electrons. The van der Waals surface area contributed by atoms with Crippen molar-refractivity contribution >= 4 is 22.8 Å². The Hall–Kier alpha value is -3.12. The molecule has 6 nitrogen and oxygen atoms in total. The van der Waals surface area contributed by atoms with Crippen LogP contribution in [0.2, 0.25) is 0 Å². The third-order valence-electron chi connectivity index (χ3n) is 4.18. The van der Waals surface area contributed by atoms with Crippen LogP contribution in [0.15, 0.2) is 54.7 Å². The fraction of sp³-hybridized carbons (Fsp3) is 0.158. The molecule has 1 aromatic heterocycles. The number of hydrogen-bond acceptors (Lipinski definition) is 3. The Morgan fingerprint density at radius 1 is 1.00 bits per heavy atom. The van der Waals surface area contributed by atoms with Crippen LogP contribution in [0.25, 0.3) is 10.9 Å². The second kappa shape index (κ2) is 7.19. The van der Waals surface area contributed by atoms with Crippen molar-refractivity contribution < 1.29 is 19.8 Å². The number of para-hydroxylation sites is 1. The summed E-state index contributed by atoms with van der Waals surface area (Å²) in [5.74, 6) is -2.00. The van der Waals surface area contributed by atoms with Crippen LogP contribution in [-0.2, 0) is 17.8 Å². The molecular weight excluding hydrogens is 320 g/mol. The number of aromatic carboxylic acids is 1. The van der Waals surface area contributed by atoms with Crippen molar-refractivity contribution in [2.45, 2.75) is 19.0 Å². The standard InChI is InChI=1S/C19H18N2O4/c22-18(23)15-7-2-1-5-12(15)10-21-17(19(24)25)9-13-11-20-16-8-4-3-6-14(13)16/h1-8,11,17,20-21H,9-10H2,(H,22,23)(H,24,25)/t17-/m0/s1. The molecule has 4 N–H and O–H groups in total. The van der Waals surface area contributed by atoms with Crippen molar-refractivity contribution in [2.75, 3.05) is 0 Å². The van der Waals surface area contributed by atoms with Gasteiger partial charge in [0.1, 0.15) is 6.04 Å². The van der Waals surface area contributed by atoms with Crippen molar-refractivity contribution in [3.05, 3.63) is 71.4 Å². The lowest BCUT2D eigenvalue weighted by Crippen LogP contribution is -2.38. The molecule has 0 aliphatic carbocycles. The second-order valence-electron chi connectivity index (χ2n) is 5.80. The molecule has 0 saturated carbocycles. The van der Waals surface area contributed by atoms with Gasteiger partial charge in [0.15, 0.2) is 0 Å². The molecule has 1 heterocycles. The van der Waals surface area contributed by atoms with Crippen LogP contribution < -0.4 is 5.32 Å². The summed E-state index contributed by atoms with van der Waals surface area (Å²) in [6.07, 6.45) is 2.11. The third kappa shape index (κ3) is 3.70. The number of aromatic nitrogens is 1. The van der Waals surface area contributed by atoms with Crippen LogP contribution in [0.3, 0.4) is 0 Å². The molecule has 0 spiro atoms. The fourth-order valence-corrected chi connectivity index (χ4v) is 2.88. The first kappa shape index (κ1) is 16.7. The quantitative estimate of drug-likeness (QED) is 0.530. The zero-order valence-corrected chi connectivity index (χ0v) is 13.4. The number of nitrogens with one attached hydrogen (secondary N) is 2. The number of aliphatic carboxylic acids is 1. The van der Waals surface area contributed by atoms with Gasteiger partial charge in [-0.1, -0.05) is 36.4 Å². The van der Waals surface area contributed by atoms with Crippen molar-refractivity contribution in [2.24, 2.45) is 0 Å². The smallest absolute Gasteiger partial charge is 0.336 e. The van der Waals surface area contributed by atoms with Crippen molar-refractivity contribution in [1.29, 1.82) is 0 Å². The van der Waals surface area contributed by atoms with Gasteiger partial charge in [-0.05, 0) is 23.3 Å². The normalized spacial score (nSPS) is 12.2. The molecule has 1 atom stereocenters. The van der Waals surface area contributed by atoms with E-state index in [9.17, 15) is 19.8 Å². The van der Waals surface area contributed by atoms with Crippen molar-refractivity contribution in [1.82, 2.24) is 10.3 Å². The highest BCUT2D eigenvalue weighted by Crippen LogP contribution is 2.19. The topological polar surface area (TPSA) is 102 Å². The zero-order valence-electron chi connectivity index (χ0n) is 13.4. The molecule has 3 rings (SSSR count). The minimum atomic E-state index is -1.03. The van der Waals surface area contributed by atoms with Gasteiger partial charge >= 0.3 is 11.9 Å². The molecule has 0 aliphatic rings. The molecule has 0 bridgehead atoms. The number of H-pyrrole nitrogens is 1. The number of carbonyl (C=O) groups is 2. The lowest BCUT2D eigenvalue weighted by atomic mass is 10.0. The van der Waals surface area contributed by atoms with Gasteiger partial charge in [0.25, 0.3) is 0 Å². The van der Waals surface area contributed by atoms with Crippen molar-refractivity contribution in [3.8, 4) is 0 Å². The average Bonchev–Trinajstić information content (AvgIpc) is 3.01. The van der Waals surface area contributed by atoms with E-state index in [0.29, 0.717) is 12.0 Å². The van der Waals surface area contributed by atoms with E-state index in [1.165, 1.54) is 6.07 Å². The van der Waals surface area contributed by atoms with Gasteiger partial charge in [-0.2, -0.15) is 0 Å². The van der Waals surface area contributed by atoms with E-state index in [-0.39, 0.29) is 12.1 Å². The Morgan fingerprint density at radius 3 is 2.48 bits per heavy atom. The van der Waals surface area contributed by atoms with Gasteiger partial charge in [0.2, 0.25) is 0 Å². The monoisotopic (exact) mass is 338 g/mol. The average molecular weight is 338 g/mol. The predicted octanol–water partition coefficient (Wildman–Crippen LogP) is 2.65. The highest BCUT2D eigenvalue weighted by atomic mass is 16.4. The third-order valence-corrected chi connectivity index (χ3v) is 4.18. The summed E-state index contributed by atoms with van der Waals surface area (Å²) in [4.78, 5) is 26.0. The van der Waals surface area contributed by atoms with E-state index >= 15 is 0 Å². The Kier molecular flexibility index (Phi) is 4.81. The molecule has 0 aliphatic heterocycles. The molecule has 25 heavy (non-hydrogen) atoms. The largest absolute Gasteiger partial charge is 0.480 e. The first-order valence-corrected chi connectivity index (χ1v) is 7.88. The molecule has 6 heteroatoms. The molecule has 0 saturated heterocycles. The summed E-state index contributed by atoms with van der Waals surface area (Å²) in [6, 6.07) is 13.5. The summed E-state index contributed by atoms with van der Waals surface area (Å²) in [5, 5.41) is 22.7. The maximum atomic E-state index is 11.6. The Bertz CT molecular complexity index is 916. The summed E-state index contributed by atoms with van der Waals surface area (Å²) in [6.45, 7) is 0.168. The SMILES string of the molecule is O=C(O)c1ccccc1CN[C@@H](Cc1c[nH]c2ccccc12)C(=O)O. The van der Waals surface area contributed by atoms with Crippen LogP contribution in [0.5, 0.6) is 0 Å². The number of carboxylic acids is 2. The number of rotatable bonds is 7. The lowest BCUT2D eigenvalue weighted by Gasteiger charge is -2.15. The fourth-order valence-electron chi connectivity index (χ4n) is 2.88. The number of hydrogen-bond donors (Lipinski definition) is 4. The highest BCUT2D eigenvalue weighted by Gasteiger charge is 2.20. The predicted molar refractivity (Wildman–Crippen MR) is 93.7 cm³/mol. The van der Waals surface area contributed by atoms with Gasteiger partial charge in [0.05, 0.1) is 5.56 Å². The van der Waals surface area contributed by atoms with Gasteiger partial charge < -0.3 is 15.2 Å². The molecule has 3 aromatic rings. The summed E-state index contributed by atoms with van der Waals surface area (Å²) in [7, 11) is 0. The van der Waals surface area contributed by atoms with Gasteiger partial charge in [0, 0.05) is 30.1 Å². The molecule has 0 fully saturated rings. The van der Waals surface area contributed by atoms with E-state index in [0.717, 1.165) is 16.5 Å². The number of benzene rings is 2. The Morgan fingerprint density at radius 2 is 1.72 bits per heavy atom. The summed E-state index contributed by atoms with van der Waals surface area (Å²) >= 11 is 0. The van der Waals surface area contributed by atoms with Gasteiger partial charge in [-0.15, -0.1) is 0 Å². The number of fused-ring (bicyclic) bond motifs is 1. The molecule has 0 unspecified atom stereocenters. The van der Waals surface area contributed by atoms with Crippen LogP contribution in [0.4, 0.5) is 0 Å². The first-order chi connectivity index (χ1) is 12.1. The highest BCUT2D eigenvalue weighted by molar-refractivity contribution is 5.89. The first-order valence-electron chi connectivity index (χ1n) is 7.88. The van der Waals surface area contributed by atoms with E-state index in [1.54, 1.807) is 18.2 Å². The van der Waals surface area contributed by atoms with Gasteiger partial charge in [-0.3, -0.25) is 10.1 Å².